The Kier molecular flexibility index (Phi) is 3.54. The molecule has 0 aliphatic carbocycles. The summed E-state index contributed by atoms with van der Waals surface area (Å²) in [5.74, 6) is -0.312. The Labute approximate surface area is 96.6 Å². The van der Waals surface area contributed by atoms with Crippen LogP contribution in [0.25, 0.3) is 0 Å². The minimum absolute atomic E-state index is 0.00630. The highest BCUT2D eigenvalue weighted by molar-refractivity contribution is 8.13. The molecule has 0 N–H and O–H groups in total. The van der Waals surface area contributed by atoms with Gasteiger partial charge in [-0.2, -0.15) is 5.10 Å². The third-order valence-electron chi connectivity index (χ3n) is 2.07. The molecule has 0 aliphatic rings. The van der Waals surface area contributed by atoms with Gasteiger partial charge in [-0.05, 0) is 13.8 Å². The molecule has 0 saturated carbocycles. The van der Waals surface area contributed by atoms with E-state index in [1.165, 1.54) is 18.5 Å². The molecule has 1 heterocycles. The first kappa shape index (κ1) is 12.9. The van der Waals surface area contributed by atoms with E-state index >= 15 is 0 Å². The van der Waals surface area contributed by atoms with E-state index in [9.17, 15) is 18.5 Å². The summed E-state index contributed by atoms with van der Waals surface area (Å²) >= 11 is 0. The highest BCUT2D eigenvalue weighted by Crippen LogP contribution is 2.21. The fourth-order valence-electron chi connectivity index (χ4n) is 1.36. The van der Waals surface area contributed by atoms with Crippen LogP contribution in [-0.2, 0) is 15.6 Å². The topological polar surface area (TPSA) is 95.1 Å². The molecular formula is C7H10ClN3O4S. The van der Waals surface area contributed by atoms with Crippen molar-refractivity contribution in [3.63, 3.8) is 0 Å². The Morgan fingerprint density at radius 3 is 2.44 bits per heavy atom. The molecule has 1 rings (SSSR count). The molecule has 0 radical (unpaired) electrons. The van der Waals surface area contributed by atoms with Crippen LogP contribution in [0, 0.1) is 24.0 Å². The lowest BCUT2D eigenvalue weighted by atomic mass is 10.3. The predicted molar refractivity (Wildman–Crippen MR) is 58.0 cm³/mol. The fourth-order valence-corrected chi connectivity index (χ4v) is 1.96. The average Bonchev–Trinajstić information content (AvgIpc) is 2.36. The number of rotatable bonds is 4. The van der Waals surface area contributed by atoms with Crippen LogP contribution in [-0.4, -0.2) is 28.9 Å². The van der Waals surface area contributed by atoms with Crippen molar-refractivity contribution in [1.82, 2.24) is 9.78 Å². The zero-order chi connectivity index (χ0) is 12.5. The summed E-state index contributed by atoms with van der Waals surface area (Å²) in [5.41, 5.74) is 0.490. The molecule has 0 aromatic carbocycles. The molecule has 0 spiro atoms. The lowest BCUT2D eigenvalue weighted by Crippen LogP contribution is -2.10. The van der Waals surface area contributed by atoms with Crippen LogP contribution in [0.2, 0.25) is 0 Å². The molecule has 9 heteroatoms. The second-order valence-corrected chi connectivity index (χ2v) is 6.14. The second-order valence-electron chi connectivity index (χ2n) is 3.24. The molecule has 7 nitrogen and oxygen atoms in total. The lowest BCUT2D eigenvalue weighted by molar-refractivity contribution is -0.386. The van der Waals surface area contributed by atoms with E-state index < -0.39 is 14.0 Å². The molecule has 0 unspecified atom stereocenters. The first-order valence-corrected chi connectivity index (χ1v) is 6.81. The Bertz CT molecular complexity index is 522. The molecule has 0 fully saturated rings. The number of hydrogen-bond acceptors (Lipinski definition) is 5. The summed E-state index contributed by atoms with van der Waals surface area (Å²) in [6.07, 6.45) is 0. The number of nitrogens with zero attached hydrogens (tertiary/aromatic N) is 3. The van der Waals surface area contributed by atoms with Crippen LogP contribution in [0.1, 0.15) is 11.4 Å². The molecule has 90 valence electrons. The Hall–Kier alpha value is -1.15. The van der Waals surface area contributed by atoms with Crippen molar-refractivity contribution in [3.05, 3.63) is 21.5 Å². The van der Waals surface area contributed by atoms with Gasteiger partial charge in [0, 0.05) is 10.7 Å². The smallest absolute Gasteiger partial charge is 0.261 e. The maximum absolute atomic E-state index is 10.7. The van der Waals surface area contributed by atoms with Gasteiger partial charge < -0.3 is 0 Å². The van der Waals surface area contributed by atoms with Gasteiger partial charge in [-0.15, -0.1) is 0 Å². The third kappa shape index (κ3) is 2.92. The zero-order valence-corrected chi connectivity index (χ0v) is 10.2. The van der Waals surface area contributed by atoms with Crippen molar-refractivity contribution >= 4 is 25.4 Å². The van der Waals surface area contributed by atoms with Crippen LogP contribution >= 0.6 is 10.7 Å². The number of aromatic nitrogens is 2. The highest BCUT2D eigenvalue weighted by atomic mass is 35.7. The largest absolute Gasteiger partial charge is 0.312 e. The van der Waals surface area contributed by atoms with Crippen LogP contribution < -0.4 is 0 Å². The van der Waals surface area contributed by atoms with E-state index in [1.807, 2.05) is 0 Å². The summed E-state index contributed by atoms with van der Waals surface area (Å²) in [6, 6.07) is 0. The first-order valence-electron chi connectivity index (χ1n) is 4.33. The summed E-state index contributed by atoms with van der Waals surface area (Å²) < 4.78 is 22.7. The van der Waals surface area contributed by atoms with Gasteiger partial charge in [0.1, 0.15) is 11.4 Å². The van der Waals surface area contributed by atoms with Gasteiger partial charge in [0.25, 0.3) is 0 Å². The van der Waals surface area contributed by atoms with Gasteiger partial charge in [0.15, 0.2) is 0 Å². The molecule has 1 aromatic rings. The first-order chi connectivity index (χ1) is 7.22. The van der Waals surface area contributed by atoms with Crippen molar-refractivity contribution < 1.29 is 13.3 Å². The van der Waals surface area contributed by atoms with E-state index in [2.05, 4.69) is 5.10 Å². The highest BCUT2D eigenvalue weighted by Gasteiger charge is 2.22. The predicted octanol–water partition coefficient (Wildman–Crippen LogP) is 0.977. The number of hydrogen-bond donors (Lipinski definition) is 0. The number of halogens is 1. The summed E-state index contributed by atoms with van der Waals surface area (Å²) in [6.45, 7) is 3.02. The van der Waals surface area contributed by atoms with Gasteiger partial charge in [0.05, 0.1) is 17.2 Å². The van der Waals surface area contributed by atoms with Crippen molar-refractivity contribution in [2.45, 2.75) is 20.4 Å². The lowest BCUT2D eigenvalue weighted by Gasteiger charge is -2.00. The molecule has 16 heavy (non-hydrogen) atoms. The van der Waals surface area contributed by atoms with Crippen molar-refractivity contribution in [2.24, 2.45) is 0 Å². The molecule has 0 aliphatic heterocycles. The Morgan fingerprint density at radius 2 is 2.06 bits per heavy atom. The van der Waals surface area contributed by atoms with Crippen molar-refractivity contribution in [1.29, 1.82) is 0 Å². The summed E-state index contributed by atoms with van der Waals surface area (Å²) in [4.78, 5) is 10.1. The monoisotopic (exact) mass is 267 g/mol. The van der Waals surface area contributed by atoms with Crippen LogP contribution in [0.3, 0.4) is 0 Å². The van der Waals surface area contributed by atoms with Gasteiger partial charge in [-0.1, -0.05) is 0 Å². The van der Waals surface area contributed by atoms with Crippen molar-refractivity contribution in [2.75, 3.05) is 5.75 Å². The minimum atomic E-state index is -3.62. The Morgan fingerprint density at radius 1 is 1.50 bits per heavy atom. The van der Waals surface area contributed by atoms with Crippen LogP contribution in [0.5, 0.6) is 0 Å². The molecule has 1 aromatic heterocycles. The minimum Gasteiger partial charge on any atom is -0.261 e. The maximum atomic E-state index is 10.7. The van der Waals surface area contributed by atoms with E-state index in [0.29, 0.717) is 5.69 Å². The van der Waals surface area contributed by atoms with Gasteiger partial charge in [-0.3, -0.25) is 14.8 Å². The molecule has 0 atom stereocenters. The maximum Gasteiger partial charge on any atom is 0.312 e. The molecule has 0 saturated heterocycles. The van der Waals surface area contributed by atoms with E-state index in [-0.39, 0.29) is 23.7 Å². The number of nitro groups is 1. The second kappa shape index (κ2) is 4.38. The van der Waals surface area contributed by atoms with E-state index in [1.54, 1.807) is 0 Å². The fraction of sp³-hybridized carbons (Fsp3) is 0.571. The number of aryl methyl sites for hydroxylation is 2. The van der Waals surface area contributed by atoms with E-state index in [4.69, 9.17) is 10.7 Å². The molecule has 0 bridgehead atoms. The van der Waals surface area contributed by atoms with Crippen LogP contribution in [0.15, 0.2) is 0 Å². The zero-order valence-electron chi connectivity index (χ0n) is 8.68. The SMILES string of the molecule is Cc1nn(CCS(=O)(=O)Cl)c(C)c1[N+](=O)[O-]. The van der Waals surface area contributed by atoms with Crippen molar-refractivity contribution in [3.8, 4) is 0 Å². The normalized spacial score (nSPS) is 11.7. The standard InChI is InChI=1S/C7H10ClN3O4S/c1-5-7(11(12)13)6(2)10(9-5)3-4-16(8,14)15/h3-4H2,1-2H3. The van der Waals surface area contributed by atoms with Gasteiger partial charge in [-0.25, -0.2) is 8.42 Å². The molecule has 0 amide bonds. The van der Waals surface area contributed by atoms with Crippen LogP contribution in [0.4, 0.5) is 5.69 Å². The quantitative estimate of drug-likeness (QED) is 0.460. The van der Waals surface area contributed by atoms with Gasteiger partial charge in [0.2, 0.25) is 9.05 Å². The Balaban J connectivity index is 3.00. The van der Waals surface area contributed by atoms with E-state index in [0.717, 1.165) is 0 Å². The summed E-state index contributed by atoms with van der Waals surface area (Å²) in [7, 11) is 1.42. The average molecular weight is 268 g/mol. The van der Waals surface area contributed by atoms with Gasteiger partial charge >= 0.3 is 5.69 Å². The third-order valence-corrected chi connectivity index (χ3v) is 3.21. The molecular weight excluding hydrogens is 258 g/mol. The summed E-state index contributed by atoms with van der Waals surface area (Å²) in [5, 5.41) is 14.6.